The van der Waals surface area contributed by atoms with Crippen LogP contribution >= 0.6 is 11.3 Å². The van der Waals surface area contributed by atoms with Crippen LogP contribution in [0.3, 0.4) is 0 Å². The van der Waals surface area contributed by atoms with Crippen molar-refractivity contribution in [2.45, 2.75) is 45.7 Å². The molecule has 0 aliphatic rings. The van der Waals surface area contributed by atoms with Gasteiger partial charge in [0.15, 0.2) is 0 Å². The van der Waals surface area contributed by atoms with Gasteiger partial charge in [-0.15, -0.1) is 11.3 Å². The maximum Gasteiger partial charge on any atom is 0.0947 e. The number of nitrogens with one attached hydrogen (secondary N) is 1. The molecule has 3 N–H and O–H groups in total. The molecule has 5 heteroatoms. The smallest absolute Gasteiger partial charge is 0.0947 e. The van der Waals surface area contributed by atoms with Gasteiger partial charge >= 0.3 is 0 Å². The van der Waals surface area contributed by atoms with E-state index in [-0.39, 0.29) is 11.6 Å². The highest BCUT2D eigenvalue weighted by atomic mass is 32.1. The molecule has 0 aromatic carbocycles. The van der Waals surface area contributed by atoms with Gasteiger partial charge in [0.25, 0.3) is 0 Å². The van der Waals surface area contributed by atoms with Gasteiger partial charge in [0.2, 0.25) is 0 Å². The maximum atomic E-state index is 5.69. The summed E-state index contributed by atoms with van der Waals surface area (Å²) in [6.07, 6.45) is 0.862. The molecule has 1 rings (SSSR count). The van der Waals surface area contributed by atoms with Crippen LogP contribution < -0.4 is 11.3 Å². The third-order valence-corrected chi connectivity index (χ3v) is 4.75. The van der Waals surface area contributed by atoms with Crippen LogP contribution in [-0.2, 0) is 6.42 Å². The Kier molecular flexibility index (Phi) is 4.66. The van der Waals surface area contributed by atoms with Crippen LogP contribution in [-0.4, -0.2) is 35.6 Å². The average Bonchev–Trinajstić information content (AvgIpc) is 2.54. The van der Waals surface area contributed by atoms with E-state index in [2.05, 4.69) is 57.1 Å². The number of likely N-dealkylation sites (N-methyl/N-ethyl adjacent to an activating group) is 1. The van der Waals surface area contributed by atoms with Crippen LogP contribution in [0.5, 0.6) is 0 Å². The predicted molar refractivity (Wildman–Crippen MR) is 74.2 cm³/mol. The largest absolute Gasteiger partial charge is 0.303 e. The lowest BCUT2D eigenvalue weighted by Gasteiger charge is -2.39. The summed E-state index contributed by atoms with van der Waals surface area (Å²) in [4.78, 5) is 8.05. The molecule has 0 aliphatic heterocycles. The van der Waals surface area contributed by atoms with Crippen molar-refractivity contribution >= 4 is 11.3 Å². The molecule has 0 bridgehead atoms. The molecule has 1 aromatic rings. The lowest BCUT2D eigenvalue weighted by Crippen LogP contribution is -2.58. The maximum absolute atomic E-state index is 5.69. The molecule has 0 radical (unpaired) electrons. The van der Waals surface area contributed by atoms with E-state index < -0.39 is 0 Å². The van der Waals surface area contributed by atoms with E-state index in [1.807, 2.05) is 0 Å². The summed E-state index contributed by atoms with van der Waals surface area (Å²) in [6, 6.07) is 0.183. The molecule has 4 nitrogen and oxygen atoms in total. The van der Waals surface area contributed by atoms with Crippen molar-refractivity contribution in [2.24, 2.45) is 5.84 Å². The number of aryl methyl sites for hydroxylation is 2. The molecule has 0 amide bonds. The highest BCUT2D eigenvalue weighted by Crippen LogP contribution is 2.23. The third-order valence-electron chi connectivity index (χ3n) is 3.66. The zero-order valence-corrected chi connectivity index (χ0v) is 12.5. The van der Waals surface area contributed by atoms with Gasteiger partial charge in [0.1, 0.15) is 0 Å². The Bertz CT molecular complexity index is 351. The Balaban J connectivity index is 2.83. The first-order valence-corrected chi connectivity index (χ1v) is 6.67. The van der Waals surface area contributed by atoms with Crippen LogP contribution in [0.2, 0.25) is 0 Å². The highest BCUT2D eigenvalue weighted by molar-refractivity contribution is 7.11. The Morgan fingerprint density at radius 3 is 2.35 bits per heavy atom. The number of hydrazine groups is 1. The Morgan fingerprint density at radius 2 is 2.00 bits per heavy atom. The van der Waals surface area contributed by atoms with Crippen molar-refractivity contribution in [3.8, 4) is 0 Å². The highest BCUT2D eigenvalue weighted by Gasteiger charge is 2.31. The van der Waals surface area contributed by atoms with E-state index in [0.29, 0.717) is 0 Å². The average molecular weight is 256 g/mol. The van der Waals surface area contributed by atoms with E-state index in [4.69, 9.17) is 5.84 Å². The van der Waals surface area contributed by atoms with Crippen molar-refractivity contribution in [1.29, 1.82) is 0 Å². The zero-order chi connectivity index (χ0) is 13.2. The molecule has 0 fully saturated rings. The molecule has 1 unspecified atom stereocenters. The minimum atomic E-state index is -0.0117. The van der Waals surface area contributed by atoms with Gasteiger partial charge in [-0.2, -0.15) is 0 Å². The topological polar surface area (TPSA) is 54.2 Å². The van der Waals surface area contributed by atoms with Crippen molar-refractivity contribution in [3.63, 3.8) is 0 Å². The zero-order valence-electron chi connectivity index (χ0n) is 11.7. The lowest BCUT2D eigenvalue weighted by molar-refractivity contribution is 0.137. The van der Waals surface area contributed by atoms with Gasteiger partial charge in [0.05, 0.1) is 10.7 Å². The second-order valence-electron chi connectivity index (χ2n) is 5.22. The van der Waals surface area contributed by atoms with Crippen LogP contribution in [0.1, 0.15) is 29.4 Å². The van der Waals surface area contributed by atoms with Gasteiger partial charge in [-0.3, -0.25) is 11.3 Å². The molecular formula is C12H24N4S. The lowest BCUT2D eigenvalue weighted by atomic mass is 9.91. The fraction of sp³-hybridized carbons (Fsp3) is 0.750. The fourth-order valence-electron chi connectivity index (χ4n) is 1.63. The number of nitrogens with zero attached hydrogens (tertiary/aromatic N) is 2. The minimum absolute atomic E-state index is 0.0117. The standard InChI is InChI=1S/C12H24N4S/c1-8-9(2)17-11(14-8)7-10(15-13)12(3,4)16(5)6/h10,15H,7,13H2,1-6H3. The van der Waals surface area contributed by atoms with Crippen LogP contribution in [0, 0.1) is 13.8 Å². The number of thiazole rings is 1. The quantitative estimate of drug-likeness (QED) is 0.619. The molecule has 0 saturated heterocycles. The molecule has 0 saturated carbocycles. The van der Waals surface area contributed by atoms with E-state index >= 15 is 0 Å². The van der Waals surface area contributed by atoms with E-state index in [0.717, 1.165) is 17.1 Å². The number of hydrogen-bond donors (Lipinski definition) is 2. The Morgan fingerprint density at radius 1 is 1.41 bits per heavy atom. The number of rotatable bonds is 5. The van der Waals surface area contributed by atoms with Crippen molar-refractivity contribution < 1.29 is 0 Å². The summed E-state index contributed by atoms with van der Waals surface area (Å²) in [7, 11) is 4.14. The molecule has 17 heavy (non-hydrogen) atoms. The fourth-order valence-corrected chi connectivity index (χ4v) is 2.60. The monoisotopic (exact) mass is 256 g/mol. The summed E-state index contributed by atoms with van der Waals surface area (Å²) < 4.78 is 0. The first kappa shape index (κ1) is 14.6. The van der Waals surface area contributed by atoms with E-state index in [9.17, 15) is 0 Å². The number of nitrogens with two attached hydrogens (primary N) is 1. The van der Waals surface area contributed by atoms with Gasteiger partial charge in [-0.05, 0) is 41.8 Å². The van der Waals surface area contributed by atoms with Gasteiger partial charge < -0.3 is 4.90 Å². The molecule has 1 aromatic heterocycles. The number of aromatic nitrogens is 1. The predicted octanol–water partition coefficient (Wildman–Crippen LogP) is 1.47. The molecule has 98 valence electrons. The summed E-state index contributed by atoms with van der Waals surface area (Å²) >= 11 is 1.76. The van der Waals surface area contributed by atoms with Crippen molar-refractivity contribution in [2.75, 3.05) is 14.1 Å². The molecule has 1 heterocycles. The summed E-state index contributed by atoms with van der Waals surface area (Å²) in [5, 5.41) is 1.15. The molecule has 1 atom stereocenters. The molecular weight excluding hydrogens is 232 g/mol. The second kappa shape index (κ2) is 5.44. The Hall–Kier alpha value is -0.490. The van der Waals surface area contributed by atoms with E-state index in [1.54, 1.807) is 11.3 Å². The molecule has 0 spiro atoms. The first-order valence-electron chi connectivity index (χ1n) is 5.85. The van der Waals surface area contributed by atoms with Gasteiger partial charge in [-0.1, -0.05) is 0 Å². The van der Waals surface area contributed by atoms with Crippen LogP contribution in [0.4, 0.5) is 0 Å². The SMILES string of the molecule is Cc1nc(CC(NN)C(C)(C)N(C)C)sc1C. The van der Waals surface area contributed by atoms with Gasteiger partial charge in [0, 0.05) is 22.9 Å². The Labute approximate surface area is 108 Å². The third kappa shape index (κ3) is 3.25. The summed E-state index contributed by atoms with van der Waals surface area (Å²) in [5.74, 6) is 5.69. The van der Waals surface area contributed by atoms with Crippen LogP contribution in [0.15, 0.2) is 0 Å². The van der Waals surface area contributed by atoms with E-state index in [1.165, 1.54) is 4.88 Å². The summed E-state index contributed by atoms with van der Waals surface area (Å²) in [5.41, 5.74) is 4.04. The van der Waals surface area contributed by atoms with Crippen LogP contribution in [0.25, 0.3) is 0 Å². The minimum Gasteiger partial charge on any atom is -0.303 e. The second-order valence-corrected chi connectivity index (χ2v) is 6.51. The van der Waals surface area contributed by atoms with Crippen molar-refractivity contribution in [1.82, 2.24) is 15.3 Å². The molecule has 0 aliphatic carbocycles. The van der Waals surface area contributed by atoms with Gasteiger partial charge in [-0.25, -0.2) is 4.98 Å². The normalized spacial score (nSPS) is 14.4. The number of hydrogen-bond acceptors (Lipinski definition) is 5. The van der Waals surface area contributed by atoms with Crippen molar-refractivity contribution in [3.05, 3.63) is 15.6 Å². The first-order chi connectivity index (χ1) is 7.78. The summed E-state index contributed by atoms with van der Waals surface area (Å²) in [6.45, 7) is 8.53.